The topological polar surface area (TPSA) is 52.9 Å². The van der Waals surface area contributed by atoms with Gasteiger partial charge >= 0.3 is 0 Å². The van der Waals surface area contributed by atoms with Gasteiger partial charge in [0.2, 0.25) is 0 Å². The van der Waals surface area contributed by atoms with Crippen LogP contribution < -0.4 is 9.64 Å². The Balaban J connectivity index is 1.87. The molecule has 0 saturated heterocycles. The van der Waals surface area contributed by atoms with E-state index in [0.717, 1.165) is 17.9 Å². The summed E-state index contributed by atoms with van der Waals surface area (Å²) in [6.45, 7) is 3.27. The molecule has 1 unspecified atom stereocenters. The van der Waals surface area contributed by atoms with Crippen molar-refractivity contribution in [1.29, 1.82) is 0 Å². The highest BCUT2D eigenvalue weighted by Crippen LogP contribution is 2.15. The van der Waals surface area contributed by atoms with Crippen LogP contribution in [0.3, 0.4) is 0 Å². The van der Waals surface area contributed by atoms with E-state index >= 15 is 0 Å². The van der Waals surface area contributed by atoms with Crippen LogP contribution in [0.1, 0.15) is 12.5 Å². The number of nitrogens with zero attached hydrogens (tertiary/aromatic N) is 1. The molecule has 0 radical (unpaired) electrons. The van der Waals surface area contributed by atoms with Crippen LogP contribution in [-0.4, -0.2) is 42.6 Å². The highest BCUT2D eigenvalue weighted by Gasteiger charge is 2.13. The fourth-order valence-corrected chi connectivity index (χ4v) is 2.41. The van der Waals surface area contributed by atoms with E-state index in [2.05, 4.69) is 6.92 Å². The zero-order valence-electron chi connectivity index (χ0n) is 13.6. The van der Waals surface area contributed by atoms with Crippen molar-refractivity contribution in [3.63, 3.8) is 0 Å². The first kappa shape index (κ1) is 17.3. The highest BCUT2D eigenvalue weighted by molar-refractivity contribution is 5.46. The van der Waals surface area contributed by atoms with Crippen molar-refractivity contribution >= 4 is 5.69 Å². The molecule has 0 aliphatic carbocycles. The molecule has 0 bridgehead atoms. The molecule has 0 aliphatic rings. The summed E-state index contributed by atoms with van der Waals surface area (Å²) in [6.07, 6.45) is 0.364. The summed E-state index contributed by atoms with van der Waals surface area (Å²) in [5.74, 6) is 0.759. The number of anilines is 1. The summed E-state index contributed by atoms with van der Waals surface area (Å²) in [5, 5.41) is 19.4. The van der Waals surface area contributed by atoms with Crippen LogP contribution in [0.5, 0.6) is 5.75 Å². The van der Waals surface area contributed by atoms with Crippen molar-refractivity contribution in [1.82, 2.24) is 0 Å². The zero-order chi connectivity index (χ0) is 16.5. The molecule has 124 valence electrons. The molecule has 4 nitrogen and oxygen atoms in total. The Labute approximate surface area is 138 Å². The fourth-order valence-electron chi connectivity index (χ4n) is 2.41. The van der Waals surface area contributed by atoms with Gasteiger partial charge in [0.05, 0.1) is 6.61 Å². The van der Waals surface area contributed by atoms with Gasteiger partial charge in [-0.2, -0.15) is 0 Å². The van der Waals surface area contributed by atoms with E-state index in [0.29, 0.717) is 13.1 Å². The molecule has 23 heavy (non-hydrogen) atoms. The van der Waals surface area contributed by atoms with Gasteiger partial charge in [0.25, 0.3) is 0 Å². The number of para-hydroxylation sites is 1. The molecule has 2 aromatic carbocycles. The maximum Gasteiger partial charge on any atom is 0.119 e. The molecule has 0 fully saturated rings. The van der Waals surface area contributed by atoms with Crippen molar-refractivity contribution in [3.05, 3.63) is 60.2 Å². The van der Waals surface area contributed by atoms with E-state index in [9.17, 15) is 10.2 Å². The molecule has 0 saturated carbocycles. The molecule has 0 aromatic heterocycles. The molecular weight excluding hydrogens is 290 g/mol. The van der Waals surface area contributed by atoms with Gasteiger partial charge in [-0.25, -0.2) is 0 Å². The minimum absolute atomic E-state index is 0.0426. The zero-order valence-corrected chi connectivity index (χ0v) is 13.6. The van der Waals surface area contributed by atoms with Gasteiger partial charge in [-0.15, -0.1) is 0 Å². The number of aliphatic hydroxyl groups is 2. The first-order valence-corrected chi connectivity index (χ1v) is 8.03. The lowest BCUT2D eigenvalue weighted by Crippen LogP contribution is -2.37. The molecule has 2 aromatic rings. The van der Waals surface area contributed by atoms with E-state index < -0.39 is 6.10 Å². The predicted molar refractivity (Wildman–Crippen MR) is 93.1 cm³/mol. The number of ether oxygens (including phenoxy) is 1. The number of aliphatic hydroxyl groups excluding tert-OH is 2. The third kappa shape index (κ3) is 5.58. The average Bonchev–Trinajstić information content (AvgIpc) is 2.61. The van der Waals surface area contributed by atoms with Gasteiger partial charge in [0.15, 0.2) is 0 Å². The largest absolute Gasteiger partial charge is 0.491 e. The number of aryl methyl sites for hydroxylation is 1. The minimum Gasteiger partial charge on any atom is -0.491 e. The van der Waals surface area contributed by atoms with Gasteiger partial charge in [-0.1, -0.05) is 37.3 Å². The van der Waals surface area contributed by atoms with Crippen LogP contribution in [0.4, 0.5) is 5.69 Å². The Morgan fingerprint density at radius 2 is 1.74 bits per heavy atom. The molecule has 0 heterocycles. The van der Waals surface area contributed by atoms with Crippen molar-refractivity contribution in [3.8, 4) is 5.75 Å². The Hall–Kier alpha value is -2.04. The molecule has 1 atom stereocenters. The molecule has 2 rings (SSSR count). The lowest BCUT2D eigenvalue weighted by atomic mass is 10.2. The van der Waals surface area contributed by atoms with E-state index in [4.69, 9.17) is 4.74 Å². The Bertz CT molecular complexity index is 557. The van der Waals surface area contributed by atoms with Gasteiger partial charge < -0.3 is 19.8 Å². The van der Waals surface area contributed by atoms with Gasteiger partial charge in [-0.05, 0) is 36.2 Å². The van der Waals surface area contributed by atoms with Crippen molar-refractivity contribution in [2.24, 2.45) is 0 Å². The minimum atomic E-state index is -0.632. The lowest BCUT2D eigenvalue weighted by molar-refractivity contribution is 0.111. The predicted octanol–water partition coefficient (Wildman–Crippen LogP) is 2.49. The normalized spacial score (nSPS) is 12.0. The monoisotopic (exact) mass is 315 g/mol. The molecule has 0 amide bonds. The molecule has 4 heteroatoms. The maximum atomic E-state index is 10.2. The van der Waals surface area contributed by atoms with Crippen LogP contribution in [0.2, 0.25) is 0 Å². The first-order valence-electron chi connectivity index (χ1n) is 8.03. The molecule has 2 N–H and O–H groups in total. The summed E-state index contributed by atoms with van der Waals surface area (Å²) >= 11 is 0. The number of hydrogen-bond acceptors (Lipinski definition) is 4. The lowest BCUT2D eigenvalue weighted by Gasteiger charge is -2.26. The smallest absolute Gasteiger partial charge is 0.119 e. The van der Waals surface area contributed by atoms with E-state index in [-0.39, 0.29) is 13.2 Å². The van der Waals surface area contributed by atoms with Crippen molar-refractivity contribution < 1.29 is 14.9 Å². The second-order valence-corrected chi connectivity index (χ2v) is 5.47. The number of rotatable bonds is 9. The summed E-state index contributed by atoms with van der Waals surface area (Å²) < 4.78 is 5.64. The van der Waals surface area contributed by atoms with Crippen LogP contribution in [0.25, 0.3) is 0 Å². The maximum absolute atomic E-state index is 10.2. The third-order valence-corrected chi connectivity index (χ3v) is 3.70. The Morgan fingerprint density at radius 3 is 2.35 bits per heavy atom. The fraction of sp³-hybridized carbons (Fsp3) is 0.368. The quantitative estimate of drug-likeness (QED) is 0.746. The molecule has 0 spiro atoms. The summed E-state index contributed by atoms with van der Waals surface area (Å²) in [6, 6.07) is 17.7. The second-order valence-electron chi connectivity index (χ2n) is 5.47. The summed E-state index contributed by atoms with van der Waals surface area (Å²) in [7, 11) is 0. The Kier molecular flexibility index (Phi) is 6.91. The van der Waals surface area contributed by atoms with Gasteiger partial charge in [0.1, 0.15) is 18.5 Å². The van der Waals surface area contributed by atoms with E-state index in [1.165, 1.54) is 5.56 Å². The van der Waals surface area contributed by atoms with Gasteiger partial charge in [0, 0.05) is 18.8 Å². The standard InChI is InChI=1S/C19H25NO3/c1-2-16-8-10-19(11-9-16)23-15-18(22)14-20(12-13-21)17-6-4-3-5-7-17/h3-11,18,21-22H,2,12-15H2,1H3. The third-order valence-electron chi connectivity index (χ3n) is 3.70. The highest BCUT2D eigenvalue weighted by atomic mass is 16.5. The molecular formula is C19H25NO3. The summed E-state index contributed by atoms with van der Waals surface area (Å²) in [5.41, 5.74) is 2.24. The molecule has 0 aliphatic heterocycles. The van der Waals surface area contributed by atoms with Crippen molar-refractivity contribution in [2.45, 2.75) is 19.4 Å². The average molecular weight is 315 g/mol. The van der Waals surface area contributed by atoms with Crippen LogP contribution in [0.15, 0.2) is 54.6 Å². The SMILES string of the molecule is CCc1ccc(OCC(O)CN(CCO)c2ccccc2)cc1. The first-order chi connectivity index (χ1) is 11.2. The van der Waals surface area contributed by atoms with Crippen LogP contribution in [0, 0.1) is 0 Å². The van der Waals surface area contributed by atoms with Crippen molar-refractivity contribution in [2.75, 3.05) is 31.2 Å². The summed E-state index contributed by atoms with van der Waals surface area (Å²) in [4.78, 5) is 1.95. The number of benzene rings is 2. The van der Waals surface area contributed by atoms with Crippen LogP contribution in [-0.2, 0) is 6.42 Å². The Morgan fingerprint density at radius 1 is 1.04 bits per heavy atom. The van der Waals surface area contributed by atoms with E-state index in [1.807, 2.05) is 59.5 Å². The number of hydrogen-bond donors (Lipinski definition) is 2. The van der Waals surface area contributed by atoms with Gasteiger partial charge in [-0.3, -0.25) is 0 Å². The second kappa shape index (κ2) is 9.18. The van der Waals surface area contributed by atoms with E-state index in [1.54, 1.807) is 0 Å². The van der Waals surface area contributed by atoms with Crippen LogP contribution >= 0.6 is 0 Å².